The van der Waals surface area contributed by atoms with Gasteiger partial charge in [-0.25, -0.2) is 15.0 Å². The van der Waals surface area contributed by atoms with E-state index in [9.17, 15) is 4.79 Å². The topological polar surface area (TPSA) is 89.9 Å². The number of aromatic nitrogens is 4. The van der Waals surface area contributed by atoms with Crippen LogP contribution in [0.4, 0.5) is 5.82 Å². The van der Waals surface area contributed by atoms with Gasteiger partial charge in [-0.15, -0.1) is 0 Å². The summed E-state index contributed by atoms with van der Waals surface area (Å²) in [4.78, 5) is 27.8. The molecule has 2 aromatic heterocycles. The fourth-order valence-corrected chi connectivity index (χ4v) is 3.93. The van der Waals surface area contributed by atoms with E-state index in [0.717, 1.165) is 29.7 Å². The van der Waals surface area contributed by atoms with Crippen molar-refractivity contribution in [2.75, 3.05) is 18.8 Å². The molecule has 140 valence electrons. The van der Waals surface area contributed by atoms with Gasteiger partial charge in [-0.2, -0.15) is 0 Å². The minimum Gasteiger partial charge on any atom is -0.382 e. The second-order valence-corrected chi connectivity index (χ2v) is 7.30. The van der Waals surface area contributed by atoms with Gasteiger partial charge < -0.3 is 15.2 Å². The van der Waals surface area contributed by atoms with Crippen molar-refractivity contribution in [3.63, 3.8) is 0 Å². The maximum absolute atomic E-state index is 12.9. The monoisotopic (exact) mass is 364 g/mol. The molecule has 0 spiro atoms. The van der Waals surface area contributed by atoms with Gasteiger partial charge in [0.25, 0.3) is 5.91 Å². The highest BCUT2D eigenvalue weighted by atomic mass is 16.2. The van der Waals surface area contributed by atoms with E-state index in [1.54, 1.807) is 0 Å². The lowest BCUT2D eigenvalue weighted by Crippen LogP contribution is -2.40. The fourth-order valence-electron chi connectivity index (χ4n) is 3.93. The largest absolute Gasteiger partial charge is 0.382 e. The molecule has 1 aliphatic rings. The highest BCUT2D eigenvalue weighted by Gasteiger charge is 2.30. The van der Waals surface area contributed by atoms with Gasteiger partial charge in [-0.1, -0.05) is 12.1 Å². The molecule has 0 radical (unpaired) electrons. The number of nitrogens with two attached hydrogens (primary N) is 1. The predicted molar refractivity (Wildman–Crippen MR) is 104 cm³/mol. The van der Waals surface area contributed by atoms with Crippen LogP contribution >= 0.6 is 0 Å². The summed E-state index contributed by atoms with van der Waals surface area (Å²) in [6.45, 7) is 5.66. The number of fused-ring (bicyclic) bond motifs is 1. The summed E-state index contributed by atoms with van der Waals surface area (Å²) in [5.74, 6) is 1.27. The second-order valence-electron chi connectivity index (χ2n) is 7.30. The first-order valence-electron chi connectivity index (χ1n) is 9.39. The SMILES string of the molecule is CC(C)n1c(C2CCCN(C(=O)c3nccnc3N)C2)nc2ccccc21. The van der Waals surface area contributed by atoms with Crippen molar-refractivity contribution in [3.8, 4) is 0 Å². The van der Waals surface area contributed by atoms with Crippen LogP contribution in [0, 0.1) is 0 Å². The van der Waals surface area contributed by atoms with Crippen LogP contribution in [0.2, 0.25) is 0 Å². The number of amides is 1. The third-order valence-electron chi connectivity index (χ3n) is 5.14. The quantitative estimate of drug-likeness (QED) is 0.771. The van der Waals surface area contributed by atoms with Crippen molar-refractivity contribution >= 4 is 22.8 Å². The second kappa shape index (κ2) is 6.98. The molecule has 0 bridgehead atoms. The number of imidazole rings is 1. The Morgan fingerprint density at radius 2 is 2.00 bits per heavy atom. The van der Waals surface area contributed by atoms with E-state index in [4.69, 9.17) is 10.7 Å². The van der Waals surface area contributed by atoms with E-state index in [-0.39, 0.29) is 23.3 Å². The summed E-state index contributed by atoms with van der Waals surface area (Å²) in [6.07, 6.45) is 4.94. The van der Waals surface area contributed by atoms with Crippen LogP contribution in [0.5, 0.6) is 0 Å². The maximum Gasteiger partial charge on any atom is 0.276 e. The Morgan fingerprint density at radius 1 is 1.22 bits per heavy atom. The molecule has 3 aromatic rings. The van der Waals surface area contributed by atoms with E-state index in [0.29, 0.717) is 19.1 Å². The number of nitrogen functional groups attached to an aromatic ring is 1. The van der Waals surface area contributed by atoms with Crippen LogP contribution in [-0.4, -0.2) is 43.4 Å². The van der Waals surface area contributed by atoms with Crippen LogP contribution in [0.25, 0.3) is 11.0 Å². The average Bonchev–Trinajstić information content (AvgIpc) is 3.08. The van der Waals surface area contributed by atoms with Crippen LogP contribution in [0.3, 0.4) is 0 Å². The van der Waals surface area contributed by atoms with Crippen LogP contribution in [-0.2, 0) is 0 Å². The zero-order valence-electron chi connectivity index (χ0n) is 15.7. The number of anilines is 1. The summed E-state index contributed by atoms with van der Waals surface area (Å²) >= 11 is 0. The Morgan fingerprint density at radius 3 is 2.78 bits per heavy atom. The number of likely N-dealkylation sites (tertiary alicyclic amines) is 1. The van der Waals surface area contributed by atoms with Gasteiger partial charge in [-0.05, 0) is 38.8 Å². The molecule has 0 saturated carbocycles. The lowest BCUT2D eigenvalue weighted by atomic mass is 9.96. The number of carbonyl (C=O) groups is 1. The highest BCUT2D eigenvalue weighted by molar-refractivity contribution is 5.96. The van der Waals surface area contributed by atoms with Crippen LogP contribution in [0.15, 0.2) is 36.7 Å². The average molecular weight is 364 g/mol. The smallest absolute Gasteiger partial charge is 0.276 e. The van der Waals surface area contributed by atoms with Gasteiger partial charge in [-0.3, -0.25) is 4.79 Å². The van der Waals surface area contributed by atoms with Crippen LogP contribution in [0.1, 0.15) is 55.0 Å². The molecule has 27 heavy (non-hydrogen) atoms. The minimum atomic E-state index is -0.155. The maximum atomic E-state index is 12.9. The first kappa shape index (κ1) is 17.5. The minimum absolute atomic E-state index is 0.155. The predicted octanol–water partition coefficient (Wildman–Crippen LogP) is 3.01. The van der Waals surface area contributed by atoms with Crippen molar-refractivity contribution in [2.24, 2.45) is 0 Å². The van der Waals surface area contributed by atoms with Gasteiger partial charge in [0, 0.05) is 37.4 Å². The number of benzene rings is 1. The summed E-state index contributed by atoms with van der Waals surface area (Å²) in [7, 11) is 0. The third kappa shape index (κ3) is 3.13. The third-order valence-corrected chi connectivity index (χ3v) is 5.14. The number of para-hydroxylation sites is 2. The number of nitrogens with zero attached hydrogens (tertiary/aromatic N) is 5. The van der Waals surface area contributed by atoms with Gasteiger partial charge in [0.15, 0.2) is 11.5 Å². The normalized spacial score (nSPS) is 17.6. The van der Waals surface area contributed by atoms with E-state index < -0.39 is 0 Å². The Labute approximate surface area is 158 Å². The van der Waals surface area contributed by atoms with E-state index in [1.807, 2.05) is 23.1 Å². The van der Waals surface area contributed by atoms with Crippen LogP contribution < -0.4 is 5.73 Å². The number of carbonyl (C=O) groups excluding carboxylic acids is 1. The van der Waals surface area contributed by atoms with E-state index >= 15 is 0 Å². The molecule has 1 fully saturated rings. The molecule has 1 saturated heterocycles. The highest BCUT2D eigenvalue weighted by Crippen LogP contribution is 2.32. The van der Waals surface area contributed by atoms with E-state index in [1.165, 1.54) is 12.4 Å². The molecule has 1 atom stereocenters. The molecule has 1 amide bonds. The van der Waals surface area contributed by atoms with Gasteiger partial charge in [0.2, 0.25) is 0 Å². The Kier molecular flexibility index (Phi) is 4.51. The number of piperidine rings is 1. The zero-order valence-corrected chi connectivity index (χ0v) is 15.7. The molecule has 7 heteroatoms. The van der Waals surface area contributed by atoms with Gasteiger partial charge >= 0.3 is 0 Å². The fraction of sp³-hybridized carbons (Fsp3) is 0.400. The molecular formula is C20H24N6O. The zero-order chi connectivity index (χ0) is 19.0. The summed E-state index contributed by atoms with van der Waals surface area (Å²) in [5, 5.41) is 0. The van der Waals surface area contributed by atoms with Crippen molar-refractivity contribution in [2.45, 2.75) is 38.6 Å². The first-order valence-corrected chi connectivity index (χ1v) is 9.39. The summed E-state index contributed by atoms with van der Waals surface area (Å²) in [5.41, 5.74) is 8.23. The molecule has 7 nitrogen and oxygen atoms in total. The van der Waals surface area contributed by atoms with Crippen molar-refractivity contribution in [1.29, 1.82) is 0 Å². The molecule has 3 heterocycles. The summed E-state index contributed by atoms with van der Waals surface area (Å²) in [6, 6.07) is 8.51. The molecule has 1 aliphatic heterocycles. The molecule has 1 unspecified atom stereocenters. The molecular weight excluding hydrogens is 340 g/mol. The molecule has 2 N–H and O–H groups in total. The molecule has 1 aromatic carbocycles. The number of rotatable bonds is 3. The number of hydrogen-bond acceptors (Lipinski definition) is 5. The van der Waals surface area contributed by atoms with E-state index in [2.05, 4.69) is 34.4 Å². The first-order chi connectivity index (χ1) is 13.1. The van der Waals surface area contributed by atoms with Gasteiger partial charge in [0.1, 0.15) is 5.82 Å². The standard InChI is InChI=1S/C20H24N6O/c1-13(2)26-16-8-4-3-7-15(16)24-19(26)14-6-5-11-25(12-14)20(27)17-18(21)23-10-9-22-17/h3-4,7-10,13-14H,5-6,11-12H2,1-2H3,(H2,21,23). The summed E-state index contributed by atoms with van der Waals surface area (Å²) < 4.78 is 2.30. The van der Waals surface area contributed by atoms with Crippen molar-refractivity contribution in [1.82, 2.24) is 24.4 Å². The molecule has 4 rings (SSSR count). The molecule has 0 aliphatic carbocycles. The Bertz CT molecular complexity index is 980. The number of hydrogen-bond donors (Lipinski definition) is 1. The van der Waals surface area contributed by atoms with Crippen molar-refractivity contribution < 1.29 is 4.79 Å². The Balaban J connectivity index is 1.66. The lowest BCUT2D eigenvalue weighted by Gasteiger charge is -2.33. The van der Waals surface area contributed by atoms with Crippen molar-refractivity contribution in [3.05, 3.63) is 48.2 Å². The Hall–Kier alpha value is -2.96. The van der Waals surface area contributed by atoms with Gasteiger partial charge in [0.05, 0.1) is 11.0 Å². The lowest BCUT2D eigenvalue weighted by molar-refractivity contribution is 0.0698.